The van der Waals surface area contributed by atoms with Crippen molar-refractivity contribution in [2.45, 2.75) is 141 Å². The maximum atomic E-state index is 13.2. The van der Waals surface area contributed by atoms with Crippen molar-refractivity contribution in [3.05, 3.63) is 127 Å². The standard InChI is InChI=1S/C57H71F3O12/c1-42(45-25-31-48(58)32-26-45)55(64)67-37-19-13-7-4-10-16-22-52(61)70-40-51(72-54(63)24-18-12-6-9-15-21-39-69-57(66)44(3)47-29-35-50(60)36-30-47)41-71-53(62)23-17-11-5-8-14-20-38-68-56(65)43(2)46-27-33-49(59)34-28-46/h25-36,51H,1-24,37-41H2. The van der Waals surface area contributed by atoms with E-state index in [2.05, 4.69) is 19.7 Å². The largest absolute Gasteiger partial charge is 0.462 e. The summed E-state index contributed by atoms with van der Waals surface area (Å²) in [6.45, 7) is 11.4. The first kappa shape index (κ1) is 59.8. The van der Waals surface area contributed by atoms with Gasteiger partial charge in [0.05, 0.1) is 36.5 Å². The van der Waals surface area contributed by atoms with E-state index in [9.17, 15) is 41.9 Å². The number of carbonyl (C=O) groups excluding carboxylic acids is 6. The van der Waals surface area contributed by atoms with Crippen molar-refractivity contribution in [3.63, 3.8) is 0 Å². The molecular weight excluding hydrogens is 934 g/mol. The number of halogens is 3. The lowest BCUT2D eigenvalue weighted by Crippen LogP contribution is -2.30. The molecule has 0 fully saturated rings. The number of ether oxygens (including phenoxy) is 6. The minimum absolute atomic E-state index is 0.128. The molecule has 0 amide bonds. The Hall–Kier alpha value is -6.51. The molecule has 15 heteroatoms. The number of hydrogen-bond donors (Lipinski definition) is 0. The predicted octanol–water partition coefficient (Wildman–Crippen LogP) is 12.4. The summed E-state index contributed by atoms with van der Waals surface area (Å²) in [4.78, 5) is 74.9. The number of esters is 6. The number of benzene rings is 3. The molecule has 0 aliphatic rings. The van der Waals surface area contributed by atoms with E-state index in [1.165, 1.54) is 72.8 Å². The van der Waals surface area contributed by atoms with Gasteiger partial charge < -0.3 is 28.4 Å². The first-order valence-electron chi connectivity index (χ1n) is 25.1. The number of rotatable bonds is 38. The van der Waals surface area contributed by atoms with Crippen molar-refractivity contribution < 1.29 is 70.4 Å². The van der Waals surface area contributed by atoms with Crippen molar-refractivity contribution >= 4 is 52.5 Å². The average molecular weight is 1010 g/mol. The Bertz CT molecular complexity index is 2070. The second-order valence-corrected chi connectivity index (χ2v) is 17.5. The van der Waals surface area contributed by atoms with Crippen LogP contribution in [0.2, 0.25) is 0 Å². The smallest absolute Gasteiger partial charge is 0.338 e. The van der Waals surface area contributed by atoms with Gasteiger partial charge in [0.15, 0.2) is 6.10 Å². The third-order valence-electron chi connectivity index (χ3n) is 11.5. The molecule has 0 aromatic heterocycles. The van der Waals surface area contributed by atoms with E-state index in [0.29, 0.717) is 55.2 Å². The fraction of sp³-hybridized carbons (Fsp3) is 0.474. The van der Waals surface area contributed by atoms with Crippen LogP contribution in [0, 0.1) is 17.5 Å². The molecule has 0 saturated heterocycles. The Morgan fingerprint density at radius 2 is 0.597 bits per heavy atom. The van der Waals surface area contributed by atoms with Crippen LogP contribution in [0.5, 0.6) is 0 Å². The van der Waals surface area contributed by atoms with E-state index in [0.717, 1.165) is 77.0 Å². The van der Waals surface area contributed by atoms with Crippen LogP contribution in [-0.4, -0.2) is 75.0 Å². The van der Waals surface area contributed by atoms with Crippen LogP contribution in [0.4, 0.5) is 13.2 Å². The summed E-state index contributed by atoms with van der Waals surface area (Å²) in [6.07, 6.45) is 13.2. The van der Waals surface area contributed by atoms with Gasteiger partial charge in [0, 0.05) is 19.3 Å². The second-order valence-electron chi connectivity index (χ2n) is 17.5. The highest BCUT2D eigenvalue weighted by atomic mass is 19.1. The SMILES string of the molecule is C=C(C(=O)OCCCCCCCCC(=O)OCC(COC(=O)CCCCCCCCOC(=O)C(=C)c1ccc(F)cc1)OC(=O)CCCCCCCCOC(=O)C(=C)c1ccc(F)cc1)c1ccc(F)cc1. The van der Waals surface area contributed by atoms with Gasteiger partial charge >= 0.3 is 35.8 Å². The Balaban J connectivity index is 1.29. The fourth-order valence-corrected chi connectivity index (χ4v) is 7.18. The van der Waals surface area contributed by atoms with Crippen LogP contribution in [0.3, 0.4) is 0 Å². The first-order chi connectivity index (χ1) is 34.7. The summed E-state index contributed by atoms with van der Waals surface area (Å²) in [5.74, 6) is -4.29. The third kappa shape index (κ3) is 26.1. The van der Waals surface area contributed by atoms with Crippen LogP contribution in [0.1, 0.15) is 152 Å². The third-order valence-corrected chi connectivity index (χ3v) is 11.5. The van der Waals surface area contributed by atoms with Crippen LogP contribution >= 0.6 is 0 Å². The van der Waals surface area contributed by atoms with Crippen molar-refractivity contribution in [3.8, 4) is 0 Å². The molecule has 72 heavy (non-hydrogen) atoms. The lowest BCUT2D eigenvalue weighted by molar-refractivity contribution is -0.167. The molecule has 0 spiro atoms. The van der Waals surface area contributed by atoms with Gasteiger partial charge in [-0.1, -0.05) is 133 Å². The molecule has 0 saturated carbocycles. The minimum atomic E-state index is -0.976. The van der Waals surface area contributed by atoms with Gasteiger partial charge in [-0.05, 0) is 91.6 Å². The summed E-state index contributed by atoms with van der Waals surface area (Å²) in [5, 5.41) is 0. The quantitative estimate of drug-likeness (QED) is 0.0232. The molecule has 0 bridgehead atoms. The molecule has 12 nitrogen and oxygen atoms in total. The average Bonchev–Trinajstić information content (AvgIpc) is 3.37. The van der Waals surface area contributed by atoms with E-state index in [1.807, 2.05) is 0 Å². The Morgan fingerprint density at radius 1 is 0.347 bits per heavy atom. The second kappa shape index (κ2) is 35.6. The molecule has 0 aliphatic heterocycles. The maximum Gasteiger partial charge on any atom is 0.338 e. The molecule has 0 heterocycles. The Kier molecular flexibility index (Phi) is 29.5. The fourth-order valence-electron chi connectivity index (χ4n) is 7.18. The lowest BCUT2D eigenvalue weighted by atomic mass is 10.1. The highest BCUT2D eigenvalue weighted by Gasteiger charge is 2.20. The zero-order chi connectivity index (χ0) is 52.4. The zero-order valence-corrected chi connectivity index (χ0v) is 41.5. The van der Waals surface area contributed by atoms with Gasteiger partial charge in [-0.25, -0.2) is 27.6 Å². The minimum Gasteiger partial charge on any atom is -0.462 e. The number of unbranched alkanes of at least 4 members (excludes halogenated alkanes) is 15. The highest BCUT2D eigenvalue weighted by Crippen LogP contribution is 2.19. The van der Waals surface area contributed by atoms with Crippen LogP contribution in [0.25, 0.3) is 16.7 Å². The van der Waals surface area contributed by atoms with E-state index in [-0.39, 0.29) is 69.0 Å². The summed E-state index contributed by atoms with van der Waals surface area (Å²) < 4.78 is 71.9. The van der Waals surface area contributed by atoms with Crippen molar-refractivity contribution in [1.82, 2.24) is 0 Å². The van der Waals surface area contributed by atoms with Crippen LogP contribution < -0.4 is 0 Å². The molecular formula is C57H71F3O12. The summed E-state index contributed by atoms with van der Waals surface area (Å²) in [5.41, 5.74) is 1.98. The molecule has 392 valence electrons. The van der Waals surface area contributed by atoms with Gasteiger partial charge in [0.25, 0.3) is 0 Å². The molecule has 3 rings (SSSR count). The predicted molar refractivity (Wildman–Crippen MR) is 268 cm³/mol. The van der Waals surface area contributed by atoms with E-state index in [1.54, 1.807) is 0 Å². The van der Waals surface area contributed by atoms with Gasteiger partial charge in [-0.2, -0.15) is 0 Å². The van der Waals surface area contributed by atoms with Crippen molar-refractivity contribution in [2.75, 3.05) is 33.0 Å². The Labute approximate surface area is 422 Å². The maximum absolute atomic E-state index is 13.2. The molecule has 0 radical (unpaired) electrons. The normalized spacial score (nSPS) is 10.8. The summed E-state index contributed by atoms with van der Waals surface area (Å²) >= 11 is 0. The number of carbonyl (C=O) groups is 6. The Morgan fingerprint density at radius 3 is 0.889 bits per heavy atom. The van der Waals surface area contributed by atoms with Crippen LogP contribution in [-0.2, 0) is 57.2 Å². The van der Waals surface area contributed by atoms with Gasteiger partial charge in [-0.15, -0.1) is 0 Å². The molecule has 0 aliphatic carbocycles. The molecule has 0 N–H and O–H groups in total. The van der Waals surface area contributed by atoms with Gasteiger partial charge in [-0.3, -0.25) is 14.4 Å². The molecule has 3 aromatic carbocycles. The van der Waals surface area contributed by atoms with E-state index < -0.39 is 59.4 Å². The van der Waals surface area contributed by atoms with Crippen LogP contribution in [0.15, 0.2) is 92.5 Å². The summed E-state index contributed by atoms with van der Waals surface area (Å²) in [6, 6.07) is 16.4. The van der Waals surface area contributed by atoms with E-state index in [4.69, 9.17) is 28.4 Å². The lowest BCUT2D eigenvalue weighted by Gasteiger charge is -2.18. The van der Waals surface area contributed by atoms with Gasteiger partial charge in [0.1, 0.15) is 30.7 Å². The molecule has 3 aromatic rings. The monoisotopic (exact) mass is 1000 g/mol. The zero-order valence-electron chi connectivity index (χ0n) is 41.5. The number of hydrogen-bond acceptors (Lipinski definition) is 12. The highest BCUT2D eigenvalue weighted by molar-refractivity contribution is 6.16. The topological polar surface area (TPSA) is 158 Å². The molecule has 0 unspecified atom stereocenters. The van der Waals surface area contributed by atoms with Gasteiger partial charge in [0.2, 0.25) is 0 Å². The summed E-state index contributed by atoms with van der Waals surface area (Å²) in [7, 11) is 0. The van der Waals surface area contributed by atoms with Crippen molar-refractivity contribution in [2.24, 2.45) is 0 Å². The molecule has 0 atom stereocenters. The van der Waals surface area contributed by atoms with Crippen molar-refractivity contribution in [1.29, 1.82) is 0 Å². The first-order valence-corrected chi connectivity index (χ1v) is 25.1. The van der Waals surface area contributed by atoms with E-state index >= 15 is 0 Å².